The van der Waals surface area contributed by atoms with E-state index in [0.29, 0.717) is 22.4 Å². The number of rotatable bonds is 2. The fraction of sp³-hybridized carbons (Fsp3) is 0.160. The molecule has 0 aromatic heterocycles. The summed E-state index contributed by atoms with van der Waals surface area (Å²) in [6.45, 7) is 2.14. The van der Waals surface area contributed by atoms with Gasteiger partial charge < -0.3 is 4.90 Å². The Morgan fingerprint density at radius 1 is 0.867 bits per heavy atom. The molecule has 0 bridgehead atoms. The Morgan fingerprint density at radius 3 is 2.37 bits per heavy atom. The van der Waals surface area contributed by atoms with Crippen LogP contribution in [-0.4, -0.2) is 17.9 Å². The zero-order chi connectivity index (χ0) is 20.8. The Kier molecular flexibility index (Phi) is 4.14. The van der Waals surface area contributed by atoms with Gasteiger partial charge in [0.15, 0.2) is 0 Å². The van der Waals surface area contributed by atoms with Gasteiger partial charge in [-0.1, -0.05) is 36.4 Å². The summed E-state index contributed by atoms with van der Waals surface area (Å²) < 4.78 is 0. The van der Waals surface area contributed by atoms with Gasteiger partial charge in [0, 0.05) is 11.7 Å². The number of aryl methyl sites for hydroxylation is 1. The minimum atomic E-state index is -0.391. The van der Waals surface area contributed by atoms with Crippen LogP contribution < -0.4 is 9.80 Å². The number of fused-ring (bicyclic) bond motifs is 2. The van der Waals surface area contributed by atoms with Crippen LogP contribution in [0.5, 0.6) is 0 Å². The summed E-state index contributed by atoms with van der Waals surface area (Å²) in [7, 11) is 0. The van der Waals surface area contributed by atoms with Crippen molar-refractivity contribution in [1.29, 1.82) is 5.26 Å². The summed E-state index contributed by atoms with van der Waals surface area (Å²) in [6.07, 6.45) is 1.95. The first-order valence-electron chi connectivity index (χ1n) is 10.00. The second-order valence-electron chi connectivity index (χ2n) is 7.66. The monoisotopic (exact) mass is 393 g/mol. The van der Waals surface area contributed by atoms with Crippen molar-refractivity contribution in [3.63, 3.8) is 0 Å². The van der Waals surface area contributed by atoms with Crippen LogP contribution in [0.1, 0.15) is 45.2 Å². The Labute approximate surface area is 174 Å². The highest BCUT2D eigenvalue weighted by Gasteiger charge is 2.41. The van der Waals surface area contributed by atoms with Crippen LogP contribution in [-0.2, 0) is 6.42 Å². The number of nitriles is 1. The van der Waals surface area contributed by atoms with E-state index < -0.39 is 5.91 Å². The van der Waals surface area contributed by atoms with E-state index >= 15 is 0 Å². The van der Waals surface area contributed by atoms with E-state index in [9.17, 15) is 14.9 Å². The average molecular weight is 393 g/mol. The smallest absolute Gasteiger partial charge is 0.268 e. The third-order valence-corrected chi connectivity index (χ3v) is 5.94. The van der Waals surface area contributed by atoms with Crippen molar-refractivity contribution in [2.75, 3.05) is 9.80 Å². The number of imide groups is 1. The number of carbonyl (C=O) groups excluding carboxylic acids is 2. The van der Waals surface area contributed by atoms with E-state index in [0.717, 1.165) is 29.1 Å². The number of hydrogen-bond donors (Lipinski definition) is 0. The topological polar surface area (TPSA) is 64.4 Å². The van der Waals surface area contributed by atoms with Gasteiger partial charge in [-0.05, 0) is 55.7 Å². The highest BCUT2D eigenvalue weighted by molar-refractivity contribution is 6.36. The predicted molar refractivity (Wildman–Crippen MR) is 115 cm³/mol. The van der Waals surface area contributed by atoms with Crippen LogP contribution in [0.15, 0.2) is 66.7 Å². The fourth-order valence-corrected chi connectivity index (χ4v) is 4.51. The number of anilines is 3. The summed E-state index contributed by atoms with van der Waals surface area (Å²) in [6, 6.07) is 22.6. The van der Waals surface area contributed by atoms with Gasteiger partial charge >= 0.3 is 0 Å². The maximum absolute atomic E-state index is 13.5. The molecule has 0 saturated carbocycles. The second-order valence-corrected chi connectivity index (χ2v) is 7.66. The Balaban J connectivity index is 1.68. The first-order chi connectivity index (χ1) is 14.6. The molecule has 0 saturated heterocycles. The molecule has 2 heterocycles. The maximum Gasteiger partial charge on any atom is 0.268 e. The quantitative estimate of drug-likeness (QED) is 0.585. The van der Waals surface area contributed by atoms with Gasteiger partial charge in [-0.15, -0.1) is 0 Å². The largest absolute Gasteiger partial charge is 0.338 e. The molecule has 5 rings (SSSR count). The minimum absolute atomic E-state index is 0.190. The lowest BCUT2D eigenvalue weighted by Gasteiger charge is -2.37. The van der Waals surface area contributed by atoms with Gasteiger partial charge in [0.05, 0.1) is 28.1 Å². The molecule has 2 amide bonds. The number of para-hydroxylation sites is 2. The van der Waals surface area contributed by atoms with Crippen LogP contribution in [0.2, 0.25) is 0 Å². The highest BCUT2D eigenvalue weighted by Crippen LogP contribution is 2.42. The van der Waals surface area contributed by atoms with Crippen LogP contribution in [0.25, 0.3) is 0 Å². The Morgan fingerprint density at radius 2 is 1.57 bits per heavy atom. The molecule has 2 aliphatic rings. The van der Waals surface area contributed by atoms with Gasteiger partial charge in [0.2, 0.25) is 0 Å². The van der Waals surface area contributed by atoms with Crippen LogP contribution in [0.3, 0.4) is 0 Å². The molecule has 0 fully saturated rings. The van der Waals surface area contributed by atoms with E-state index in [4.69, 9.17) is 0 Å². The molecule has 0 aliphatic carbocycles. The Bertz CT molecular complexity index is 1240. The van der Waals surface area contributed by atoms with Crippen molar-refractivity contribution >= 4 is 28.9 Å². The third-order valence-electron chi connectivity index (χ3n) is 5.94. The second kappa shape index (κ2) is 6.85. The SMILES string of the molecule is CC1CCc2ccccc2N1c1cccc2c1C(=O)N(c1ccccc1C#N)C2=O. The molecule has 0 spiro atoms. The van der Waals surface area contributed by atoms with E-state index in [1.807, 2.05) is 24.3 Å². The minimum Gasteiger partial charge on any atom is -0.338 e. The van der Waals surface area contributed by atoms with Crippen LogP contribution in [0.4, 0.5) is 17.1 Å². The number of amides is 2. The maximum atomic E-state index is 13.5. The van der Waals surface area contributed by atoms with Crippen molar-refractivity contribution < 1.29 is 9.59 Å². The molecule has 146 valence electrons. The molecule has 3 aromatic carbocycles. The fourth-order valence-electron chi connectivity index (χ4n) is 4.51. The van der Waals surface area contributed by atoms with Crippen LogP contribution in [0, 0.1) is 11.3 Å². The van der Waals surface area contributed by atoms with Crippen molar-refractivity contribution in [2.24, 2.45) is 0 Å². The standard InChI is InChI=1S/C25H19N3O2/c1-16-13-14-17-7-2-4-10-20(17)27(16)22-12-6-9-19-23(22)25(30)28(24(19)29)21-11-5-3-8-18(21)15-26/h2-12,16H,13-14H2,1H3. The summed E-state index contributed by atoms with van der Waals surface area (Å²) >= 11 is 0. The predicted octanol–water partition coefficient (Wildman–Crippen LogP) is 4.83. The van der Waals surface area contributed by atoms with E-state index in [1.165, 1.54) is 5.56 Å². The molecular weight excluding hydrogens is 374 g/mol. The van der Waals surface area contributed by atoms with Crippen LogP contribution >= 0.6 is 0 Å². The van der Waals surface area contributed by atoms with E-state index in [2.05, 4.69) is 30.0 Å². The van der Waals surface area contributed by atoms with Gasteiger partial charge in [-0.25, -0.2) is 4.90 Å². The number of benzene rings is 3. The van der Waals surface area contributed by atoms with Gasteiger partial charge in [0.25, 0.3) is 11.8 Å². The molecule has 0 N–H and O–H groups in total. The lowest BCUT2D eigenvalue weighted by atomic mass is 9.94. The lowest BCUT2D eigenvalue weighted by Crippen LogP contribution is -2.35. The molecule has 3 aromatic rings. The molecule has 1 atom stereocenters. The zero-order valence-corrected chi connectivity index (χ0v) is 16.5. The molecule has 1 unspecified atom stereocenters. The summed E-state index contributed by atoms with van der Waals surface area (Å²) in [4.78, 5) is 30.0. The zero-order valence-electron chi connectivity index (χ0n) is 16.5. The molecule has 0 radical (unpaired) electrons. The summed E-state index contributed by atoms with van der Waals surface area (Å²) in [5, 5.41) is 9.46. The van der Waals surface area contributed by atoms with Crippen molar-refractivity contribution in [3.05, 3.63) is 89.0 Å². The average Bonchev–Trinajstić information content (AvgIpc) is 3.04. The molecular formula is C25H19N3O2. The number of hydrogen-bond acceptors (Lipinski definition) is 4. The molecule has 30 heavy (non-hydrogen) atoms. The highest BCUT2D eigenvalue weighted by atomic mass is 16.2. The molecule has 5 nitrogen and oxygen atoms in total. The molecule has 2 aliphatic heterocycles. The van der Waals surface area contributed by atoms with E-state index in [1.54, 1.807) is 30.3 Å². The van der Waals surface area contributed by atoms with Crippen molar-refractivity contribution in [1.82, 2.24) is 0 Å². The Hall–Kier alpha value is -3.91. The lowest BCUT2D eigenvalue weighted by molar-refractivity contribution is 0.0926. The summed E-state index contributed by atoms with van der Waals surface area (Å²) in [5.74, 6) is -0.777. The first kappa shape index (κ1) is 18.1. The normalized spacial score (nSPS) is 17.5. The summed E-state index contributed by atoms with van der Waals surface area (Å²) in [5.41, 5.74) is 4.44. The van der Waals surface area contributed by atoms with Gasteiger partial charge in [-0.3, -0.25) is 9.59 Å². The molecule has 5 heteroatoms. The third kappa shape index (κ3) is 2.54. The number of nitrogens with zero attached hydrogens (tertiary/aromatic N) is 3. The first-order valence-corrected chi connectivity index (χ1v) is 10.00. The van der Waals surface area contributed by atoms with Gasteiger partial charge in [0.1, 0.15) is 6.07 Å². The number of carbonyl (C=O) groups is 2. The van der Waals surface area contributed by atoms with Crippen molar-refractivity contribution in [3.8, 4) is 6.07 Å². The van der Waals surface area contributed by atoms with Crippen molar-refractivity contribution in [2.45, 2.75) is 25.8 Å². The van der Waals surface area contributed by atoms with E-state index in [-0.39, 0.29) is 11.9 Å². The van der Waals surface area contributed by atoms with Gasteiger partial charge in [-0.2, -0.15) is 5.26 Å².